The van der Waals surface area contributed by atoms with Crippen molar-refractivity contribution in [3.8, 4) is 5.75 Å². The van der Waals surface area contributed by atoms with Gasteiger partial charge in [-0.2, -0.15) is 11.8 Å². The zero-order valence-corrected chi connectivity index (χ0v) is 11.1. The van der Waals surface area contributed by atoms with Crippen molar-refractivity contribution in [2.45, 2.75) is 32.9 Å². The zero-order valence-electron chi connectivity index (χ0n) is 10.3. The smallest absolute Gasteiger partial charge is 0.120 e. The molecule has 0 aliphatic heterocycles. The third kappa shape index (κ3) is 4.45. The molecule has 0 saturated carbocycles. The maximum absolute atomic E-state index is 6.10. The van der Waals surface area contributed by atoms with Crippen LogP contribution in [0.4, 0.5) is 0 Å². The highest BCUT2D eigenvalue weighted by atomic mass is 32.2. The zero-order chi connectivity index (χ0) is 12.0. The van der Waals surface area contributed by atoms with E-state index in [1.807, 2.05) is 43.8 Å². The highest BCUT2D eigenvalue weighted by Gasteiger charge is 2.07. The van der Waals surface area contributed by atoms with Gasteiger partial charge in [0.2, 0.25) is 0 Å². The second-order valence-corrected chi connectivity index (χ2v) is 5.32. The van der Waals surface area contributed by atoms with Gasteiger partial charge in [0.1, 0.15) is 5.75 Å². The first-order chi connectivity index (χ1) is 7.63. The highest BCUT2D eigenvalue weighted by Crippen LogP contribution is 2.21. The molecule has 1 unspecified atom stereocenters. The van der Waals surface area contributed by atoms with Crippen LogP contribution in [0.15, 0.2) is 24.3 Å². The van der Waals surface area contributed by atoms with E-state index >= 15 is 0 Å². The molecule has 16 heavy (non-hydrogen) atoms. The van der Waals surface area contributed by atoms with Gasteiger partial charge < -0.3 is 10.5 Å². The lowest BCUT2D eigenvalue weighted by Crippen LogP contribution is -2.13. The van der Waals surface area contributed by atoms with Crippen molar-refractivity contribution in [1.29, 1.82) is 0 Å². The minimum absolute atomic E-state index is 0.0978. The van der Waals surface area contributed by atoms with Crippen LogP contribution in [0.1, 0.15) is 32.4 Å². The monoisotopic (exact) mass is 239 g/mol. The Bertz CT molecular complexity index is 315. The van der Waals surface area contributed by atoms with Gasteiger partial charge >= 0.3 is 0 Å². The Kier molecular flexibility index (Phi) is 5.71. The van der Waals surface area contributed by atoms with Gasteiger partial charge in [-0.25, -0.2) is 0 Å². The van der Waals surface area contributed by atoms with Crippen molar-refractivity contribution in [1.82, 2.24) is 0 Å². The van der Waals surface area contributed by atoms with E-state index in [4.69, 9.17) is 10.5 Å². The van der Waals surface area contributed by atoms with Crippen molar-refractivity contribution >= 4 is 11.8 Å². The van der Waals surface area contributed by atoms with Gasteiger partial charge in [-0.3, -0.25) is 0 Å². The molecule has 0 heterocycles. The minimum atomic E-state index is 0.0978. The first kappa shape index (κ1) is 13.4. The standard InChI is InChI=1S/C13H21NOS/c1-4-16-9-13(14)11-6-5-7-12(8-11)15-10(2)3/h5-8,10,13H,4,9,14H2,1-3H3. The first-order valence-electron chi connectivity index (χ1n) is 5.73. The van der Waals surface area contributed by atoms with Gasteiger partial charge in [-0.15, -0.1) is 0 Å². The fraction of sp³-hybridized carbons (Fsp3) is 0.538. The lowest BCUT2D eigenvalue weighted by Gasteiger charge is -2.14. The van der Waals surface area contributed by atoms with Crippen molar-refractivity contribution in [2.75, 3.05) is 11.5 Å². The quantitative estimate of drug-likeness (QED) is 0.828. The number of benzene rings is 1. The summed E-state index contributed by atoms with van der Waals surface area (Å²) in [6.07, 6.45) is 0.205. The van der Waals surface area contributed by atoms with Crippen LogP contribution in [-0.2, 0) is 0 Å². The summed E-state index contributed by atoms with van der Waals surface area (Å²) >= 11 is 1.86. The minimum Gasteiger partial charge on any atom is -0.491 e. The molecule has 0 fully saturated rings. The molecular weight excluding hydrogens is 218 g/mol. The van der Waals surface area contributed by atoms with Crippen LogP contribution in [0, 0.1) is 0 Å². The van der Waals surface area contributed by atoms with Gasteiger partial charge in [-0.1, -0.05) is 19.1 Å². The molecule has 2 nitrogen and oxygen atoms in total. The molecule has 90 valence electrons. The van der Waals surface area contributed by atoms with Gasteiger partial charge in [0.15, 0.2) is 0 Å². The van der Waals surface area contributed by atoms with Crippen molar-refractivity contribution < 1.29 is 4.74 Å². The summed E-state index contributed by atoms with van der Waals surface area (Å²) in [7, 11) is 0. The maximum Gasteiger partial charge on any atom is 0.120 e. The van der Waals surface area contributed by atoms with Crippen LogP contribution < -0.4 is 10.5 Å². The van der Waals surface area contributed by atoms with E-state index in [2.05, 4.69) is 13.0 Å². The Morgan fingerprint density at radius 1 is 1.38 bits per heavy atom. The molecule has 3 heteroatoms. The number of hydrogen-bond donors (Lipinski definition) is 1. The predicted molar refractivity (Wildman–Crippen MR) is 72.1 cm³/mol. The van der Waals surface area contributed by atoms with Crippen molar-refractivity contribution in [3.05, 3.63) is 29.8 Å². The van der Waals surface area contributed by atoms with Crippen molar-refractivity contribution in [3.63, 3.8) is 0 Å². The van der Waals surface area contributed by atoms with E-state index in [1.165, 1.54) is 0 Å². The Labute approximate surface area is 103 Å². The molecule has 0 aliphatic rings. The molecule has 0 aliphatic carbocycles. The first-order valence-corrected chi connectivity index (χ1v) is 6.89. The molecule has 2 N–H and O–H groups in total. The summed E-state index contributed by atoms with van der Waals surface area (Å²) in [5, 5.41) is 0. The molecular formula is C13H21NOS. The summed E-state index contributed by atoms with van der Waals surface area (Å²) in [6.45, 7) is 6.20. The Morgan fingerprint density at radius 2 is 2.12 bits per heavy atom. The molecule has 0 bridgehead atoms. The molecule has 1 rings (SSSR count). The summed E-state index contributed by atoms with van der Waals surface area (Å²) in [6, 6.07) is 8.18. The Hall–Kier alpha value is -0.670. The third-order valence-corrected chi connectivity index (χ3v) is 3.16. The fourth-order valence-electron chi connectivity index (χ4n) is 1.43. The van der Waals surface area contributed by atoms with Gasteiger partial charge in [0.05, 0.1) is 6.10 Å². The van der Waals surface area contributed by atoms with Crippen LogP contribution in [-0.4, -0.2) is 17.6 Å². The molecule has 1 aromatic rings. The van der Waals surface area contributed by atoms with Crippen LogP contribution >= 0.6 is 11.8 Å². The largest absolute Gasteiger partial charge is 0.491 e. The third-order valence-electron chi connectivity index (χ3n) is 2.16. The summed E-state index contributed by atoms with van der Waals surface area (Å²) in [5.74, 6) is 2.97. The van der Waals surface area contributed by atoms with E-state index in [0.717, 1.165) is 22.8 Å². The van der Waals surface area contributed by atoms with Gasteiger partial charge in [0.25, 0.3) is 0 Å². The van der Waals surface area contributed by atoms with Crippen LogP contribution in [0.2, 0.25) is 0 Å². The summed E-state index contributed by atoms with van der Waals surface area (Å²) in [4.78, 5) is 0. The topological polar surface area (TPSA) is 35.2 Å². The average molecular weight is 239 g/mol. The number of thioether (sulfide) groups is 1. The van der Waals surface area contributed by atoms with E-state index < -0.39 is 0 Å². The number of hydrogen-bond acceptors (Lipinski definition) is 3. The van der Waals surface area contributed by atoms with E-state index in [1.54, 1.807) is 0 Å². The molecule has 0 saturated heterocycles. The van der Waals surface area contributed by atoms with Gasteiger partial charge in [0, 0.05) is 11.8 Å². The van der Waals surface area contributed by atoms with Crippen LogP contribution in [0.5, 0.6) is 5.75 Å². The van der Waals surface area contributed by atoms with E-state index in [-0.39, 0.29) is 12.1 Å². The molecule has 0 radical (unpaired) electrons. The SMILES string of the molecule is CCSCC(N)c1cccc(OC(C)C)c1. The summed E-state index contributed by atoms with van der Waals surface area (Å²) in [5.41, 5.74) is 7.26. The molecule has 1 atom stereocenters. The Balaban J connectivity index is 2.65. The van der Waals surface area contributed by atoms with E-state index in [0.29, 0.717) is 0 Å². The molecule has 0 amide bonds. The Morgan fingerprint density at radius 3 is 2.75 bits per heavy atom. The lowest BCUT2D eigenvalue weighted by atomic mass is 10.1. The highest BCUT2D eigenvalue weighted by molar-refractivity contribution is 7.99. The number of rotatable bonds is 6. The fourth-order valence-corrected chi connectivity index (χ4v) is 2.11. The second-order valence-electron chi connectivity index (χ2n) is 4.01. The lowest BCUT2D eigenvalue weighted by molar-refractivity contribution is 0.242. The van der Waals surface area contributed by atoms with Crippen LogP contribution in [0.3, 0.4) is 0 Å². The molecule has 0 spiro atoms. The normalized spacial score (nSPS) is 12.8. The van der Waals surface area contributed by atoms with Crippen molar-refractivity contribution in [2.24, 2.45) is 5.73 Å². The summed E-state index contributed by atoms with van der Waals surface area (Å²) < 4.78 is 5.65. The predicted octanol–water partition coefficient (Wildman–Crippen LogP) is 3.23. The number of nitrogens with two attached hydrogens (primary N) is 1. The van der Waals surface area contributed by atoms with Gasteiger partial charge in [-0.05, 0) is 37.3 Å². The molecule has 1 aromatic carbocycles. The number of ether oxygens (including phenoxy) is 1. The van der Waals surface area contributed by atoms with Crippen LogP contribution in [0.25, 0.3) is 0 Å². The second kappa shape index (κ2) is 6.81. The maximum atomic E-state index is 6.10. The molecule has 0 aromatic heterocycles. The average Bonchev–Trinajstić information content (AvgIpc) is 2.25. The van der Waals surface area contributed by atoms with E-state index in [9.17, 15) is 0 Å².